The largest absolute Gasteiger partial charge is 0.386 e. The SMILES string of the molecule is Cc1ccc(F)c(C(O)C2(N(C)C)CCCCC2)c1F. The molecule has 1 aliphatic carbocycles. The molecule has 0 radical (unpaired) electrons. The number of hydrogen-bond acceptors (Lipinski definition) is 2. The number of nitrogens with zero attached hydrogens (tertiary/aromatic N) is 1. The predicted octanol–water partition coefficient (Wildman–Crippen LogP) is 3.57. The molecule has 0 spiro atoms. The van der Waals surface area contributed by atoms with E-state index in [-0.39, 0.29) is 5.56 Å². The topological polar surface area (TPSA) is 23.5 Å². The van der Waals surface area contributed by atoms with E-state index in [0.717, 1.165) is 32.1 Å². The van der Waals surface area contributed by atoms with Crippen molar-refractivity contribution in [3.8, 4) is 0 Å². The van der Waals surface area contributed by atoms with E-state index in [1.54, 1.807) is 6.92 Å². The van der Waals surface area contributed by atoms with Gasteiger partial charge in [0.1, 0.15) is 17.7 Å². The molecule has 0 aliphatic heterocycles. The summed E-state index contributed by atoms with van der Waals surface area (Å²) in [5.41, 5.74) is -0.390. The van der Waals surface area contributed by atoms with Crippen LogP contribution in [-0.4, -0.2) is 29.6 Å². The Bertz CT molecular complexity index is 482. The van der Waals surface area contributed by atoms with Gasteiger partial charge in [-0.15, -0.1) is 0 Å². The maximum absolute atomic E-state index is 14.3. The summed E-state index contributed by atoms with van der Waals surface area (Å²) >= 11 is 0. The summed E-state index contributed by atoms with van der Waals surface area (Å²) in [6.45, 7) is 1.59. The minimum atomic E-state index is -1.14. The van der Waals surface area contributed by atoms with E-state index in [0.29, 0.717) is 5.56 Å². The molecule has 0 aromatic heterocycles. The Kier molecular flexibility index (Phi) is 4.45. The third-order valence-corrected chi connectivity index (χ3v) is 4.71. The van der Waals surface area contributed by atoms with Crippen LogP contribution < -0.4 is 0 Å². The Morgan fingerprint density at radius 2 is 1.75 bits per heavy atom. The highest BCUT2D eigenvalue weighted by Gasteiger charge is 2.43. The third kappa shape index (κ3) is 2.47. The van der Waals surface area contributed by atoms with Gasteiger partial charge in [-0.3, -0.25) is 0 Å². The van der Waals surface area contributed by atoms with Crippen molar-refractivity contribution >= 4 is 0 Å². The van der Waals surface area contributed by atoms with Crippen molar-refractivity contribution in [2.45, 2.75) is 50.7 Å². The summed E-state index contributed by atoms with van der Waals surface area (Å²) in [5, 5.41) is 10.7. The van der Waals surface area contributed by atoms with Crippen LogP contribution in [0.2, 0.25) is 0 Å². The Labute approximate surface area is 119 Å². The molecule has 0 saturated heterocycles. The number of likely N-dealkylation sites (N-methyl/N-ethyl adjacent to an activating group) is 1. The molecular formula is C16H23F2NO. The monoisotopic (exact) mass is 283 g/mol. The first-order chi connectivity index (χ1) is 9.40. The van der Waals surface area contributed by atoms with Gasteiger partial charge in [-0.05, 0) is 45.5 Å². The van der Waals surface area contributed by atoms with Gasteiger partial charge in [0.05, 0.1) is 11.1 Å². The molecule has 4 heteroatoms. The molecule has 20 heavy (non-hydrogen) atoms. The molecule has 0 amide bonds. The lowest BCUT2D eigenvalue weighted by atomic mass is 9.74. The first kappa shape index (κ1) is 15.4. The summed E-state index contributed by atoms with van der Waals surface area (Å²) in [6.07, 6.45) is 3.44. The molecule has 1 fully saturated rings. The van der Waals surface area contributed by atoms with Crippen LogP contribution in [0.1, 0.15) is 49.3 Å². The smallest absolute Gasteiger partial charge is 0.134 e. The van der Waals surface area contributed by atoms with E-state index < -0.39 is 23.3 Å². The minimum Gasteiger partial charge on any atom is -0.386 e. The van der Waals surface area contributed by atoms with E-state index in [9.17, 15) is 13.9 Å². The van der Waals surface area contributed by atoms with E-state index in [1.165, 1.54) is 12.1 Å². The molecule has 0 heterocycles. The van der Waals surface area contributed by atoms with E-state index in [1.807, 2.05) is 19.0 Å². The van der Waals surface area contributed by atoms with Gasteiger partial charge in [-0.2, -0.15) is 0 Å². The second-order valence-corrected chi connectivity index (χ2v) is 6.05. The molecule has 1 aliphatic rings. The molecule has 1 atom stereocenters. The zero-order chi connectivity index (χ0) is 14.9. The normalized spacial score (nSPS) is 20.1. The van der Waals surface area contributed by atoms with Crippen molar-refractivity contribution in [3.63, 3.8) is 0 Å². The maximum Gasteiger partial charge on any atom is 0.134 e. The van der Waals surface area contributed by atoms with Crippen molar-refractivity contribution < 1.29 is 13.9 Å². The Balaban J connectivity index is 2.48. The Morgan fingerprint density at radius 3 is 2.30 bits per heavy atom. The van der Waals surface area contributed by atoms with Gasteiger partial charge in [0.2, 0.25) is 0 Å². The number of benzene rings is 1. The zero-order valence-electron chi connectivity index (χ0n) is 12.4. The second-order valence-electron chi connectivity index (χ2n) is 6.05. The quantitative estimate of drug-likeness (QED) is 0.916. The average Bonchev–Trinajstić information content (AvgIpc) is 2.43. The van der Waals surface area contributed by atoms with Gasteiger partial charge < -0.3 is 10.0 Å². The van der Waals surface area contributed by atoms with Crippen LogP contribution in [0.5, 0.6) is 0 Å². The molecule has 112 valence electrons. The van der Waals surface area contributed by atoms with Crippen molar-refractivity contribution in [1.29, 1.82) is 0 Å². The highest BCUT2D eigenvalue weighted by Crippen LogP contribution is 2.43. The van der Waals surface area contributed by atoms with E-state index in [4.69, 9.17) is 0 Å². The lowest BCUT2D eigenvalue weighted by Crippen LogP contribution is -2.51. The van der Waals surface area contributed by atoms with Gasteiger partial charge in [-0.1, -0.05) is 25.3 Å². The van der Waals surface area contributed by atoms with Gasteiger partial charge >= 0.3 is 0 Å². The number of aliphatic hydroxyl groups is 1. The van der Waals surface area contributed by atoms with E-state index in [2.05, 4.69) is 0 Å². The molecule has 2 rings (SSSR count). The first-order valence-corrected chi connectivity index (χ1v) is 7.20. The predicted molar refractivity (Wildman–Crippen MR) is 75.6 cm³/mol. The number of aliphatic hydroxyl groups excluding tert-OH is 1. The molecular weight excluding hydrogens is 260 g/mol. The van der Waals surface area contributed by atoms with Crippen LogP contribution >= 0.6 is 0 Å². The summed E-state index contributed by atoms with van der Waals surface area (Å²) in [6, 6.07) is 2.65. The molecule has 1 aromatic rings. The summed E-state index contributed by atoms with van der Waals surface area (Å²) in [4.78, 5) is 1.93. The van der Waals surface area contributed by atoms with Gasteiger partial charge in [-0.25, -0.2) is 8.78 Å². The maximum atomic E-state index is 14.3. The number of hydrogen-bond donors (Lipinski definition) is 1. The Hall–Kier alpha value is -1.00. The first-order valence-electron chi connectivity index (χ1n) is 7.20. The third-order valence-electron chi connectivity index (χ3n) is 4.71. The molecule has 1 unspecified atom stereocenters. The van der Waals surface area contributed by atoms with Crippen LogP contribution in [0, 0.1) is 18.6 Å². The van der Waals surface area contributed by atoms with Gasteiger partial charge in [0.25, 0.3) is 0 Å². The summed E-state index contributed by atoms with van der Waals surface area (Å²) in [7, 11) is 3.75. The zero-order valence-corrected chi connectivity index (χ0v) is 12.4. The highest BCUT2D eigenvalue weighted by molar-refractivity contribution is 5.30. The van der Waals surface area contributed by atoms with Crippen LogP contribution in [0.4, 0.5) is 8.78 Å². The van der Waals surface area contributed by atoms with E-state index >= 15 is 0 Å². The average molecular weight is 283 g/mol. The highest BCUT2D eigenvalue weighted by atomic mass is 19.1. The second kappa shape index (κ2) is 5.78. The number of rotatable bonds is 3. The van der Waals surface area contributed by atoms with Crippen LogP contribution in [0.25, 0.3) is 0 Å². The Morgan fingerprint density at radius 1 is 1.15 bits per heavy atom. The fourth-order valence-corrected chi connectivity index (χ4v) is 3.33. The van der Waals surface area contributed by atoms with Crippen LogP contribution in [-0.2, 0) is 0 Å². The van der Waals surface area contributed by atoms with Crippen molar-refractivity contribution in [2.75, 3.05) is 14.1 Å². The number of aryl methyl sites for hydroxylation is 1. The number of halogens is 2. The van der Waals surface area contributed by atoms with Crippen LogP contribution in [0.3, 0.4) is 0 Å². The fraction of sp³-hybridized carbons (Fsp3) is 0.625. The molecule has 1 N–H and O–H groups in total. The van der Waals surface area contributed by atoms with Gasteiger partial charge in [0, 0.05) is 0 Å². The lowest BCUT2D eigenvalue weighted by molar-refractivity contribution is -0.0370. The standard InChI is InChI=1S/C16H23F2NO/c1-11-7-8-12(17)13(14(11)18)15(20)16(19(2)3)9-5-4-6-10-16/h7-8,15,20H,4-6,9-10H2,1-3H3. The summed E-state index contributed by atoms with van der Waals surface area (Å²) in [5.74, 6) is -1.28. The minimum absolute atomic E-state index is 0.180. The molecule has 1 saturated carbocycles. The summed E-state index contributed by atoms with van der Waals surface area (Å²) < 4.78 is 28.3. The van der Waals surface area contributed by atoms with Crippen LogP contribution in [0.15, 0.2) is 12.1 Å². The van der Waals surface area contributed by atoms with Crippen molar-refractivity contribution in [2.24, 2.45) is 0 Å². The van der Waals surface area contributed by atoms with Crippen molar-refractivity contribution in [3.05, 3.63) is 34.9 Å². The molecule has 2 nitrogen and oxygen atoms in total. The fourth-order valence-electron chi connectivity index (χ4n) is 3.33. The van der Waals surface area contributed by atoms with Crippen molar-refractivity contribution in [1.82, 2.24) is 4.90 Å². The van der Waals surface area contributed by atoms with Gasteiger partial charge in [0.15, 0.2) is 0 Å². The molecule has 0 bridgehead atoms. The molecule has 1 aromatic carbocycles. The lowest BCUT2D eigenvalue weighted by Gasteiger charge is -2.46.